The van der Waals surface area contributed by atoms with E-state index in [-0.39, 0.29) is 17.8 Å². The first-order chi connectivity index (χ1) is 12.2. The predicted octanol–water partition coefficient (Wildman–Crippen LogP) is 3.49. The third kappa shape index (κ3) is 3.41. The Kier molecular flexibility index (Phi) is 4.69. The summed E-state index contributed by atoms with van der Waals surface area (Å²) >= 11 is 0. The van der Waals surface area contributed by atoms with E-state index >= 15 is 0 Å². The van der Waals surface area contributed by atoms with Gasteiger partial charge in [0.05, 0.1) is 18.7 Å². The van der Waals surface area contributed by atoms with Crippen LogP contribution < -0.4 is 0 Å². The summed E-state index contributed by atoms with van der Waals surface area (Å²) in [5, 5.41) is 9.54. The molecule has 0 spiro atoms. The van der Waals surface area contributed by atoms with Gasteiger partial charge in [0.2, 0.25) is 0 Å². The minimum atomic E-state index is -0.594. The Hall–Kier alpha value is -2.50. The Labute approximate surface area is 153 Å². The van der Waals surface area contributed by atoms with Crippen LogP contribution in [0.3, 0.4) is 0 Å². The van der Waals surface area contributed by atoms with E-state index in [1.807, 2.05) is 20.8 Å². The molecule has 0 saturated carbocycles. The predicted molar refractivity (Wildman–Crippen MR) is 96.5 cm³/mol. The van der Waals surface area contributed by atoms with Gasteiger partial charge in [-0.25, -0.2) is 9.59 Å². The van der Waals surface area contributed by atoms with Crippen molar-refractivity contribution in [3.63, 3.8) is 0 Å². The number of carbonyl (C=O) groups excluding carboxylic acids is 2. The summed E-state index contributed by atoms with van der Waals surface area (Å²) in [4.78, 5) is 27.0. The standard InChI is InChI=1S/C20H25NO5/c1-20(2,3)26-19(24)21-13-7-10-16(21)17(18(23)25-4)15(11-13)12-5-8-14(22)9-6-12/h5-6,8-9,13,16,22H,7,10-11H2,1-4H3. The van der Waals surface area contributed by atoms with Crippen LogP contribution in [-0.4, -0.2) is 46.9 Å². The third-order valence-corrected chi connectivity index (χ3v) is 4.83. The molecule has 6 nitrogen and oxygen atoms in total. The summed E-state index contributed by atoms with van der Waals surface area (Å²) in [5.41, 5.74) is 1.66. The lowest BCUT2D eigenvalue weighted by Crippen LogP contribution is -2.48. The Balaban J connectivity index is 2.02. The molecule has 2 bridgehead atoms. The van der Waals surface area contributed by atoms with Crippen molar-refractivity contribution in [2.45, 2.75) is 57.7 Å². The lowest BCUT2D eigenvalue weighted by Gasteiger charge is -2.38. The summed E-state index contributed by atoms with van der Waals surface area (Å²) in [6.07, 6.45) is 1.68. The average Bonchev–Trinajstić information content (AvgIpc) is 2.87. The summed E-state index contributed by atoms with van der Waals surface area (Å²) in [5.74, 6) is -0.255. The zero-order valence-corrected chi connectivity index (χ0v) is 15.6. The zero-order valence-electron chi connectivity index (χ0n) is 15.6. The lowest BCUT2D eigenvalue weighted by atomic mass is 9.88. The van der Waals surface area contributed by atoms with Crippen LogP contribution in [0.25, 0.3) is 5.57 Å². The average molecular weight is 359 g/mol. The van der Waals surface area contributed by atoms with Crippen molar-refractivity contribution in [1.82, 2.24) is 4.90 Å². The van der Waals surface area contributed by atoms with E-state index in [9.17, 15) is 14.7 Å². The fourth-order valence-electron chi connectivity index (χ4n) is 3.81. The van der Waals surface area contributed by atoms with Crippen LogP contribution in [0.5, 0.6) is 5.75 Å². The molecule has 1 aromatic rings. The molecule has 0 aromatic heterocycles. The van der Waals surface area contributed by atoms with Crippen molar-refractivity contribution in [3.8, 4) is 5.75 Å². The van der Waals surface area contributed by atoms with E-state index in [1.165, 1.54) is 7.11 Å². The van der Waals surface area contributed by atoms with Gasteiger partial charge in [-0.3, -0.25) is 4.90 Å². The number of aromatic hydroxyl groups is 1. The number of nitrogens with zero attached hydrogens (tertiary/aromatic N) is 1. The Morgan fingerprint density at radius 1 is 1.15 bits per heavy atom. The van der Waals surface area contributed by atoms with Crippen LogP contribution in [-0.2, 0) is 14.3 Å². The van der Waals surface area contributed by atoms with Gasteiger partial charge in [-0.2, -0.15) is 0 Å². The molecule has 2 aliphatic rings. The third-order valence-electron chi connectivity index (χ3n) is 4.83. The van der Waals surface area contributed by atoms with Crippen LogP contribution in [0.2, 0.25) is 0 Å². The number of hydrogen-bond donors (Lipinski definition) is 1. The number of amides is 1. The van der Waals surface area contributed by atoms with Gasteiger partial charge in [-0.05, 0) is 63.3 Å². The van der Waals surface area contributed by atoms with Gasteiger partial charge in [0.15, 0.2) is 0 Å². The molecule has 2 atom stereocenters. The van der Waals surface area contributed by atoms with Gasteiger partial charge in [0, 0.05) is 6.04 Å². The number of methoxy groups -OCH3 is 1. The number of carbonyl (C=O) groups is 2. The molecule has 1 amide bonds. The zero-order chi connectivity index (χ0) is 19.1. The molecule has 3 rings (SSSR count). The summed E-state index contributed by atoms with van der Waals surface area (Å²) in [7, 11) is 1.35. The highest BCUT2D eigenvalue weighted by molar-refractivity contribution is 6.00. The molecule has 1 saturated heterocycles. The van der Waals surface area contributed by atoms with Gasteiger partial charge in [-0.15, -0.1) is 0 Å². The van der Waals surface area contributed by atoms with Crippen molar-refractivity contribution in [1.29, 1.82) is 0 Å². The van der Waals surface area contributed by atoms with Crippen molar-refractivity contribution >= 4 is 17.6 Å². The second-order valence-corrected chi connectivity index (χ2v) is 7.77. The van der Waals surface area contributed by atoms with Crippen LogP contribution in [0.1, 0.15) is 45.6 Å². The molecule has 26 heavy (non-hydrogen) atoms. The van der Waals surface area contributed by atoms with E-state index < -0.39 is 17.7 Å². The number of phenolic OH excluding ortho intramolecular Hbond substituents is 1. The first-order valence-electron chi connectivity index (χ1n) is 8.83. The van der Waals surface area contributed by atoms with Gasteiger partial charge < -0.3 is 14.6 Å². The van der Waals surface area contributed by atoms with Gasteiger partial charge in [-0.1, -0.05) is 12.1 Å². The molecular weight excluding hydrogens is 334 g/mol. The summed E-state index contributed by atoms with van der Waals surface area (Å²) in [6.45, 7) is 5.49. The van der Waals surface area contributed by atoms with Crippen molar-refractivity contribution in [2.75, 3.05) is 7.11 Å². The first kappa shape index (κ1) is 18.3. The molecule has 1 N–H and O–H groups in total. The highest BCUT2D eigenvalue weighted by atomic mass is 16.6. The molecule has 0 aliphatic carbocycles. The van der Waals surface area contributed by atoms with E-state index in [1.54, 1.807) is 29.2 Å². The van der Waals surface area contributed by atoms with Crippen LogP contribution in [0, 0.1) is 0 Å². The molecule has 2 unspecified atom stereocenters. The number of hydrogen-bond acceptors (Lipinski definition) is 5. The minimum absolute atomic E-state index is 0.00735. The molecule has 1 fully saturated rings. The van der Waals surface area contributed by atoms with Gasteiger partial charge >= 0.3 is 12.1 Å². The first-order valence-corrected chi connectivity index (χ1v) is 8.83. The highest BCUT2D eigenvalue weighted by Crippen LogP contribution is 2.44. The Bertz CT molecular complexity index is 744. The fraction of sp³-hybridized carbons (Fsp3) is 0.500. The smallest absolute Gasteiger partial charge is 0.411 e. The maximum Gasteiger partial charge on any atom is 0.411 e. The normalized spacial score (nSPS) is 22.4. The van der Waals surface area contributed by atoms with Crippen molar-refractivity contribution in [2.24, 2.45) is 0 Å². The molecular formula is C20H25NO5. The number of esters is 1. The molecule has 1 aromatic carbocycles. The van der Waals surface area contributed by atoms with E-state index in [0.29, 0.717) is 18.4 Å². The van der Waals surface area contributed by atoms with E-state index in [4.69, 9.17) is 9.47 Å². The summed E-state index contributed by atoms with van der Waals surface area (Å²) in [6, 6.07) is 6.41. The second kappa shape index (κ2) is 6.67. The quantitative estimate of drug-likeness (QED) is 0.818. The maximum absolute atomic E-state index is 12.7. The Morgan fingerprint density at radius 2 is 1.81 bits per heavy atom. The largest absolute Gasteiger partial charge is 0.508 e. The fourth-order valence-corrected chi connectivity index (χ4v) is 3.81. The van der Waals surface area contributed by atoms with Gasteiger partial charge in [0.1, 0.15) is 11.4 Å². The molecule has 2 heterocycles. The lowest BCUT2D eigenvalue weighted by molar-refractivity contribution is -0.136. The van der Waals surface area contributed by atoms with Crippen LogP contribution in [0.4, 0.5) is 4.79 Å². The van der Waals surface area contributed by atoms with Crippen molar-refractivity contribution in [3.05, 3.63) is 35.4 Å². The minimum Gasteiger partial charge on any atom is -0.508 e. The maximum atomic E-state index is 12.7. The van der Waals surface area contributed by atoms with Crippen molar-refractivity contribution < 1.29 is 24.2 Å². The topological polar surface area (TPSA) is 76.1 Å². The molecule has 140 valence electrons. The van der Waals surface area contributed by atoms with E-state index in [2.05, 4.69) is 0 Å². The Morgan fingerprint density at radius 3 is 2.38 bits per heavy atom. The van der Waals surface area contributed by atoms with E-state index in [0.717, 1.165) is 17.6 Å². The molecule has 2 aliphatic heterocycles. The SMILES string of the molecule is COC(=O)C1=C(c2ccc(O)cc2)CC2CCC1N2C(=O)OC(C)(C)C. The number of phenols is 1. The van der Waals surface area contributed by atoms with Crippen LogP contribution in [0.15, 0.2) is 29.8 Å². The molecule has 6 heteroatoms. The second-order valence-electron chi connectivity index (χ2n) is 7.77. The summed E-state index contributed by atoms with van der Waals surface area (Å²) < 4.78 is 10.6. The number of rotatable bonds is 2. The molecule has 0 radical (unpaired) electrons. The number of benzene rings is 1. The number of ether oxygens (including phenoxy) is 2. The van der Waals surface area contributed by atoms with Gasteiger partial charge in [0.25, 0.3) is 0 Å². The number of fused-ring (bicyclic) bond motifs is 2. The highest BCUT2D eigenvalue weighted by Gasteiger charge is 2.47. The monoisotopic (exact) mass is 359 g/mol. The van der Waals surface area contributed by atoms with Crippen LogP contribution >= 0.6 is 0 Å².